The molecule has 22 heavy (non-hydrogen) atoms. The molecule has 0 aliphatic carbocycles. The molecule has 0 unspecified atom stereocenters. The number of H-pyrrole nitrogens is 1. The van der Waals surface area contributed by atoms with Crippen LogP contribution < -0.4 is 4.72 Å². The number of hydrogen-bond acceptors (Lipinski definition) is 3. The number of carbonyl (C=O) groups is 1. The van der Waals surface area contributed by atoms with E-state index in [1.807, 2.05) is 18.2 Å². The number of sulfonamides is 1. The summed E-state index contributed by atoms with van der Waals surface area (Å²) in [5.41, 5.74) is 1.11. The lowest BCUT2D eigenvalue weighted by Gasteiger charge is -2.06. The Hall–Kier alpha value is -2.80. The second-order valence-corrected chi connectivity index (χ2v) is 6.36. The highest BCUT2D eigenvalue weighted by atomic mass is 32.2. The fourth-order valence-electron chi connectivity index (χ4n) is 2.08. The Bertz CT molecular complexity index is 910. The second kappa shape index (κ2) is 5.19. The van der Waals surface area contributed by atoms with Gasteiger partial charge in [0.15, 0.2) is 5.03 Å². The van der Waals surface area contributed by atoms with Gasteiger partial charge < -0.3 is 10.1 Å². The summed E-state index contributed by atoms with van der Waals surface area (Å²) in [6.45, 7) is 0. The Morgan fingerprint density at radius 3 is 2.36 bits per heavy atom. The van der Waals surface area contributed by atoms with Crippen molar-refractivity contribution in [3.63, 3.8) is 0 Å². The maximum Gasteiger partial charge on any atom is 0.335 e. The Balaban J connectivity index is 1.91. The molecule has 3 N–H and O–H groups in total. The van der Waals surface area contributed by atoms with Gasteiger partial charge in [-0.25, -0.2) is 4.79 Å². The van der Waals surface area contributed by atoms with E-state index in [1.54, 1.807) is 12.1 Å². The summed E-state index contributed by atoms with van der Waals surface area (Å²) in [4.78, 5) is 13.6. The lowest BCUT2D eigenvalue weighted by Crippen LogP contribution is -2.13. The van der Waals surface area contributed by atoms with Crippen LogP contribution in [0.3, 0.4) is 0 Å². The summed E-state index contributed by atoms with van der Waals surface area (Å²) in [5.74, 6) is -1.06. The van der Waals surface area contributed by atoms with Crippen LogP contribution in [0.4, 0.5) is 5.69 Å². The molecule has 112 valence electrons. The van der Waals surface area contributed by atoms with Crippen molar-refractivity contribution in [1.29, 1.82) is 0 Å². The van der Waals surface area contributed by atoms with Gasteiger partial charge in [0.25, 0.3) is 10.0 Å². The topological polar surface area (TPSA) is 99.3 Å². The number of hydrogen-bond donors (Lipinski definition) is 3. The molecule has 0 aliphatic heterocycles. The molecule has 0 saturated heterocycles. The number of benzene rings is 2. The minimum absolute atomic E-state index is 0.0519. The molecular weight excluding hydrogens is 304 g/mol. The average molecular weight is 316 g/mol. The van der Waals surface area contributed by atoms with Crippen LogP contribution in [-0.4, -0.2) is 24.5 Å². The summed E-state index contributed by atoms with van der Waals surface area (Å²) in [6, 6.07) is 14.3. The lowest BCUT2D eigenvalue weighted by atomic mass is 10.2. The molecule has 0 bridgehead atoms. The quantitative estimate of drug-likeness (QED) is 0.689. The monoisotopic (exact) mass is 316 g/mol. The summed E-state index contributed by atoms with van der Waals surface area (Å²) in [5, 5.41) is 9.67. The van der Waals surface area contributed by atoms with E-state index in [9.17, 15) is 13.2 Å². The molecule has 1 aromatic heterocycles. The van der Waals surface area contributed by atoms with E-state index in [0.29, 0.717) is 5.69 Å². The second-order valence-electron chi connectivity index (χ2n) is 4.71. The lowest BCUT2D eigenvalue weighted by molar-refractivity contribution is 0.0697. The van der Waals surface area contributed by atoms with Crippen LogP contribution in [0.1, 0.15) is 10.4 Å². The number of fused-ring (bicyclic) bond motifs is 1. The van der Waals surface area contributed by atoms with E-state index in [-0.39, 0.29) is 10.6 Å². The highest BCUT2D eigenvalue weighted by Gasteiger charge is 2.17. The van der Waals surface area contributed by atoms with E-state index in [2.05, 4.69) is 9.71 Å². The van der Waals surface area contributed by atoms with Crippen molar-refractivity contribution in [2.45, 2.75) is 5.03 Å². The number of carboxylic acids is 1. The number of carboxylic acid groups (broad SMARTS) is 1. The predicted molar refractivity (Wildman–Crippen MR) is 82.5 cm³/mol. The molecule has 3 rings (SSSR count). The van der Waals surface area contributed by atoms with Crippen LogP contribution in [0.15, 0.2) is 59.6 Å². The molecule has 6 nitrogen and oxygen atoms in total. The van der Waals surface area contributed by atoms with E-state index in [1.165, 1.54) is 24.3 Å². The van der Waals surface area contributed by atoms with Crippen LogP contribution >= 0.6 is 0 Å². The Morgan fingerprint density at radius 2 is 1.73 bits per heavy atom. The average Bonchev–Trinajstić information content (AvgIpc) is 2.92. The molecule has 0 saturated carbocycles. The van der Waals surface area contributed by atoms with E-state index >= 15 is 0 Å². The summed E-state index contributed by atoms with van der Waals surface area (Å²) in [6.07, 6.45) is 0. The third-order valence-electron chi connectivity index (χ3n) is 3.18. The van der Waals surface area contributed by atoms with Gasteiger partial charge in [-0.15, -0.1) is 0 Å². The third-order valence-corrected chi connectivity index (χ3v) is 4.48. The number of rotatable bonds is 4. The fourth-order valence-corrected chi connectivity index (χ4v) is 3.17. The van der Waals surface area contributed by atoms with Gasteiger partial charge in [-0.1, -0.05) is 18.2 Å². The number of aromatic amines is 1. The minimum atomic E-state index is -3.76. The zero-order chi connectivity index (χ0) is 15.7. The van der Waals surface area contributed by atoms with Crippen molar-refractivity contribution in [3.05, 3.63) is 60.2 Å². The van der Waals surface area contributed by atoms with Crippen LogP contribution in [0.25, 0.3) is 10.9 Å². The first-order valence-electron chi connectivity index (χ1n) is 6.40. The zero-order valence-corrected chi connectivity index (χ0v) is 12.1. The fraction of sp³-hybridized carbons (Fsp3) is 0. The van der Waals surface area contributed by atoms with E-state index < -0.39 is 16.0 Å². The Labute approximate surface area is 126 Å². The van der Waals surface area contributed by atoms with Crippen molar-refractivity contribution < 1.29 is 18.3 Å². The normalized spacial score (nSPS) is 11.5. The Morgan fingerprint density at radius 1 is 1.05 bits per heavy atom. The first kappa shape index (κ1) is 14.2. The first-order valence-corrected chi connectivity index (χ1v) is 7.88. The minimum Gasteiger partial charge on any atom is -0.478 e. The van der Waals surface area contributed by atoms with Gasteiger partial charge in [-0.05, 0) is 36.4 Å². The molecule has 0 aliphatic rings. The Kier molecular flexibility index (Phi) is 3.34. The molecule has 0 fully saturated rings. The third kappa shape index (κ3) is 2.66. The largest absolute Gasteiger partial charge is 0.478 e. The molecule has 0 atom stereocenters. The summed E-state index contributed by atoms with van der Waals surface area (Å²) >= 11 is 0. The van der Waals surface area contributed by atoms with Crippen molar-refractivity contribution in [3.8, 4) is 0 Å². The van der Waals surface area contributed by atoms with Gasteiger partial charge in [0.2, 0.25) is 0 Å². The van der Waals surface area contributed by atoms with Crippen LogP contribution in [-0.2, 0) is 10.0 Å². The molecule has 7 heteroatoms. The number of anilines is 1. The predicted octanol–water partition coefficient (Wildman–Crippen LogP) is 2.67. The molecule has 1 heterocycles. The van der Waals surface area contributed by atoms with E-state index in [4.69, 9.17) is 5.11 Å². The maximum absolute atomic E-state index is 12.3. The van der Waals surface area contributed by atoms with E-state index in [0.717, 1.165) is 10.9 Å². The summed E-state index contributed by atoms with van der Waals surface area (Å²) < 4.78 is 27.1. The van der Waals surface area contributed by atoms with Crippen LogP contribution in [0.2, 0.25) is 0 Å². The van der Waals surface area contributed by atoms with Gasteiger partial charge in [0, 0.05) is 16.6 Å². The van der Waals surface area contributed by atoms with Gasteiger partial charge in [0.1, 0.15) is 0 Å². The van der Waals surface area contributed by atoms with Gasteiger partial charge >= 0.3 is 5.97 Å². The number of nitrogens with one attached hydrogen (secondary N) is 2. The van der Waals surface area contributed by atoms with Gasteiger partial charge in [0.05, 0.1) is 5.56 Å². The zero-order valence-electron chi connectivity index (χ0n) is 11.3. The van der Waals surface area contributed by atoms with Gasteiger partial charge in [-0.2, -0.15) is 8.42 Å². The maximum atomic E-state index is 12.3. The highest BCUT2D eigenvalue weighted by Crippen LogP contribution is 2.21. The molecular formula is C15H12N2O4S. The number of para-hydroxylation sites is 1. The standard InChI is InChI=1S/C15H12N2O4S/c18-15(19)10-5-7-12(8-6-10)17-22(20,21)14-9-11-3-1-2-4-13(11)16-14/h1-9,16-17H,(H,18,19). The van der Waals surface area contributed by atoms with Crippen molar-refractivity contribution in [2.24, 2.45) is 0 Å². The van der Waals surface area contributed by atoms with Crippen molar-refractivity contribution >= 4 is 32.6 Å². The molecule has 0 spiro atoms. The van der Waals surface area contributed by atoms with Crippen molar-refractivity contribution in [1.82, 2.24) is 4.98 Å². The molecule has 0 amide bonds. The smallest absolute Gasteiger partial charge is 0.335 e. The van der Waals surface area contributed by atoms with Crippen LogP contribution in [0.5, 0.6) is 0 Å². The molecule has 2 aromatic carbocycles. The summed E-state index contributed by atoms with van der Waals surface area (Å²) in [7, 11) is -3.76. The van der Waals surface area contributed by atoms with Crippen LogP contribution in [0, 0.1) is 0 Å². The highest BCUT2D eigenvalue weighted by molar-refractivity contribution is 7.92. The molecule has 0 radical (unpaired) electrons. The first-order chi connectivity index (χ1) is 10.5. The van der Waals surface area contributed by atoms with Crippen molar-refractivity contribution in [2.75, 3.05) is 4.72 Å². The molecule has 3 aromatic rings. The van der Waals surface area contributed by atoms with Gasteiger partial charge in [-0.3, -0.25) is 4.72 Å². The number of aromatic nitrogens is 1. The SMILES string of the molecule is O=C(O)c1ccc(NS(=O)(=O)c2cc3ccccc3[nH]2)cc1. The number of aromatic carboxylic acids is 1.